The molecular formula is C16H27NOS. The molecule has 1 aliphatic rings. The minimum Gasteiger partial charge on any atom is -0.379 e. The van der Waals surface area contributed by atoms with Gasteiger partial charge in [0.05, 0.1) is 13.2 Å². The average Bonchev–Trinajstić information content (AvgIpc) is 2.78. The van der Waals surface area contributed by atoms with Gasteiger partial charge in [-0.05, 0) is 29.9 Å². The summed E-state index contributed by atoms with van der Waals surface area (Å²) >= 11 is 1.99. The lowest BCUT2D eigenvalue weighted by Crippen LogP contribution is -2.39. The summed E-state index contributed by atoms with van der Waals surface area (Å²) in [5.74, 6) is 0.726. The molecule has 0 N–H and O–H groups in total. The lowest BCUT2D eigenvalue weighted by atomic mass is 9.95. The quantitative estimate of drug-likeness (QED) is 0.837. The molecule has 0 saturated carbocycles. The summed E-state index contributed by atoms with van der Waals surface area (Å²) in [5.41, 5.74) is 0.288. The zero-order chi connectivity index (χ0) is 13.9. The Morgan fingerprint density at radius 3 is 2.53 bits per heavy atom. The molecule has 1 saturated heterocycles. The van der Waals surface area contributed by atoms with Crippen LogP contribution in [-0.2, 0) is 16.6 Å². The first-order chi connectivity index (χ1) is 8.95. The summed E-state index contributed by atoms with van der Waals surface area (Å²) < 4.78 is 5.40. The standard InChI is InChI=1S/C16H27NOS/c1-13(12-17-7-9-18-10-8-17)11-14-5-6-15(19-14)16(2,3)4/h5-6,13H,7-12H2,1-4H3. The Labute approximate surface area is 121 Å². The molecule has 108 valence electrons. The zero-order valence-electron chi connectivity index (χ0n) is 12.7. The summed E-state index contributed by atoms with van der Waals surface area (Å²) in [6, 6.07) is 4.63. The largest absolute Gasteiger partial charge is 0.379 e. The predicted octanol–water partition coefficient (Wildman–Crippen LogP) is 3.56. The Balaban J connectivity index is 1.84. The third kappa shape index (κ3) is 4.59. The molecule has 0 aromatic carbocycles. The molecule has 19 heavy (non-hydrogen) atoms. The van der Waals surface area contributed by atoms with Crippen molar-refractivity contribution in [2.75, 3.05) is 32.8 Å². The Morgan fingerprint density at radius 1 is 1.26 bits per heavy atom. The summed E-state index contributed by atoms with van der Waals surface area (Å²) in [4.78, 5) is 5.57. The number of rotatable bonds is 4. The van der Waals surface area contributed by atoms with Gasteiger partial charge in [-0.25, -0.2) is 0 Å². The van der Waals surface area contributed by atoms with Crippen molar-refractivity contribution < 1.29 is 4.74 Å². The van der Waals surface area contributed by atoms with Crippen LogP contribution >= 0.6 is 11.3 Å². The van der Waals surface area contributed by atoms with Gasteiger partial charge in [0.15, 0.2) is 0 Å². The van der Waals surface area contributed by atoms with Gasteiger partial charge in [-0.15, -0.1) is 11.3 Å². The van der Waals surface area contributed by atoms with Gasteiger partial charge in [0, 0.05) is 29.4 Å². The molecule has 1 aromatic heterocycles. The van der Waals surface area contributed by atoms with Gasteiger partial charge in [-0.3, -0.25) is 4.90 Å². The summed E-state index contributed by atoms with van der Waals surface area (Å²) in [6.07, 6.45) is 1.21. The molecule has 0 amide bonds. The van der Waals surface area contributed by atoms with E-state index in [1.165, 1.54) is 22.7 Å². The number of hydrogen-bond acceptors (Lipinski definition) is 3. The van der Waals surface area contributed by atoms with E-state index in [1.807, 2.05) is 11.3 Å². The van der Waals surface area contributed by atoms with E-state index in [2.05, 4.69) is 44.7 Å². The molecule has 2 nitrogen and oxygen atoms in total. The monoisotopic (exact) mass is 281 g/mol. The zero-order valence-corrected chi connectivity index (χ0v) is 13.6. The maximum atomic E-state index is 5.40. The molecule has 2 heterocycles. The van der Waals surface area contributed by atoms with Crippen molar-refractivity contribution in [2.45, 2.75) is 39.5 Å². The third-order valence-electron chi connectivity index (χ3n) is 3.62. The highest BCUT2D eigenvalue weighted by Gasteiger charge is 2.18. The smallest absolute Gasteiger partial charge is 0.0594 e. The first-order valence-corrected chi connectivity index (χ1v) is 8.16. The summed E-state index contributed by atoms with van der Waals surface area (Å²) in [6.45, 7) is 14.4. The SMILES string of the molecule is CC(Cc1ccc(C(C)(C)C)s1)CN1CCOCC1. The molecule has 2 rings (SSSR count). The van der Waals surface area contributed by atoms with E-state index >= 15 is 0 Å². The number of nitrogens with zero attached hydrogens (tertiary/aromatic N) is 1. The van der Waals surface area contributed by atoms with Gasteiger partial charge in [0.25, 0.3) is 0 Å². The van der Waals surface area contributed by atoms with Crippen LogP contribution < -0.4 is 0 Å². The first kappa shape index (κ1) is 15.0. The van der Waals surface area contributed by atoms with Gasteiger partial charge in [0.1, 0.15) is 0 Å². The van der Waals surface area contributed by atoms with Crippen molar-refractivity contribution in [3.8, 4) is 0 Å². The predicted molar refractivity (Wildman–Crippen MR) is 83.1 cm³/mol. The maximum Gasteiger partial charge on any atom is 0.0594 e. The number of thiophene rings is 1. The van der Waals surface area contributed by atoms with Crippen molar-refractivity contribution >= 4 is 11.3 Å². The topological polar surface area (TPSA) is 12.5 Å². The molecule has 1 aromatic rings. The Morgan fingerprint density at radius 2 is 1.95 bits per heavy atom. The molecule has 1 unspecified atom stereocenters. The van der Waals surface area contributed by atoms with Crippen molar-refractivity contribution in [3.05, 3.63) is 21.9 Å². The molecular weight excluding hydrogens is 254 g/mol. The van der Waals surface area contributed by atoms with Crippen molar-refractivity contribution in [1.82, 2.24) is 4.90 Å². The van der Waals surface area contributed by atoms with Crippen LogP contribution in [0.25, 0.3) is 0 Å². The van der Waals surface area contributed by atoms with Crippen LogP contribution in [0.3, 0.4) is 0 Å². The number of ether oxygens (including phenoxy) is 1. The first-order valence-electron chi connectivity index (χ1n) is 7.34. The lowest BCUT2D eigenvalue weighted by molar-refractivity contribution is 0.0318. The van der Waals surface area contributed by atoms with Crippen molar-refractivity contribution in [3.63, 3.8) is 0 Å². The molecule has 0 spiro atoms. The van der Waals surface area contributed by atoms with Gasteiger partial charge in [0.2, 0.25) is 0 Å². The summed E-state index contributed by atoms with van der Waals surface area (Å²) in [7, 11) is 0. The van der Waals surface area contributed by atoms with Crippen LogP contribution in [0.2, 0.25) is 0 Å². The molecule has 0 aliphatic carbocycles. The van der Waals surface area contributed by atoms with E-state index in [9.17, 15) is 0 Å². The molecule has 3 heteroatoms. The van der Waals surface area contributed by atoms with E-state index in [-0.39, 0.29) is 5.41 Å². The Bertz CT molecular complexity index is 388. The van der Waals surface area contributed by atoms with Gasteiger partial charge < -0.3 is 4.74 Å². The van der Waals surface area contributed by atoms with Crippen LogP contribution in [0.4, 0.5) is 0 Å². The van der Waals surface area contributed by atoms with E-state index in [0.29, 0.717) is 0 Å². The summed E-state index contributed by atoms with van der Waals surface area (Å²) in [5, 5.41) is 0. The molecule has 1 atom stereocenters. The van der Waals surface area contributed by atoms with E-state index in [1.54, 1.807) is 0 Å². The average molecular weight is 281 g/mol. The second-order valence-electron chi connectivity index (χ2n) is 6.74. The molecule has 0 bridgehead atoms. The number of hydrogen-bond donors (Lipinski definition) is 0. The van der Waals surface area contributed by atoms with Gasteiger partial charge in [-0.1, -0.05) is 27.7 Å². The highest BCUT2D eigenvalue weighted by Crippen LogP contribution is 2.30. The third-order valence-corrected chi connectivity index (χ3v) is 5.16. The van der Waals surface area contributed by atoms with Crippen molar-refractivity contribution in [2.24, 2.45) is 5.92 Å². The fourth-order valence-corrected chi connectivity index (χ4v) is 3.75. The van der Waals surface area contributed by atoms with Crippen LogP contribution in [0, 0.1) is 5.92 Å². The fourth-order valence-electron chi connectivity index (χ4n) is 2.52. The molecule has 1 aliphatic heterocycles. The minimum absolute atomic E-state index is 0.288. The van der Waals surface area contributed by atoms with Crippen LogP contribution in [-0.4, -0.2) is 37.7 Å². The van der Waals surface area contributed by atoms with Gasteiger partial charge >= 0.3 is 0 Å². The van der Waals surface area contributed by atoms with Crippen LogP contribution in [0.5, 0.6) is 0 Å². The normalized spacial score (nSPS) is 19.6. The van der Waals surface area contributed by atoms with Crippen molar-refractivity contribution in [1.29, 1.82) is 0 Å². The second kappa shape index (κ2) is 6.38. The fraction of sp³-hybridized carbons (Fsp3) is 0.750. The maximum absolute atomic E-state index is 5.40. The highest BCUT2D eigenvalue weighted by molar-refractivity contribution is 7.12. The molecule has 0 radical (unpaired) electrons. The Kier molecular flexibility index (Phi) is 5.04. The Hall–Kier alpha value is -0.380. The van der Waals surface area contributed by atoms with E-state index < -0.39 is 0 Å². The van der Waals surface area contributed by atoms with E-state index in [0.717, 1.165) is 32.2 Å². The van der Waals surface area contributed by atoms with E-state index in [4.69, 9.17) is 4.74 Å². The second-order valence-corrected chi connectivity index (χ2v) is 7.91. The van der Waals surface area contributed by atoms with Crippen LogP contribution in [0.1, 0.15) is 37.4 Å². The number of morpholine rings is 1. The van der Waals surface area contributed by atoms with Gasteiger partial charge in [-0.2, -0.15) is 0 Å². The minimum atomic E-state index is 0.288. The highest BCUT2D eigenvalue weighted by atomic mass is 32.1. The molecule has 1 fully saturated rings. The van der Waals surface area contributed by atoms with Crippen LogP contribution in [0.15, 0.2) is 12.1 Å². The lowest BCUT2D eigenvalue weighted by Gasteiger charge is -2.29.